The molecule has 0 saturated carbocycles. The number of halogens is 2. The Balaban J connectivity index is 1.64. The first-order valence-corrected chi connectivity index (χ1v) is 9.95. The van der Waals surface area contributed by atoms with Crippen LogP contribution < -0.4 is 10.1 Å². The van der Waals surface area contributed by atoms with E-state index in [9.17, 15) is 9.18 Å². The number of carbonyl (C=O) groups excluding carboxylic acids is 1. The van der Waals surface area contributed by atoms with Gasteiger partial charge < -0.3 is 10.1 Å². The van der Waals surface area contributed by atoms with Gasteiger partial charge in [-0.25, -0.2) is 9.07 Å². The lowest BCUT2D eigenvalue weighted by molar-refractivity contribution is -0.115. The van der Waals surface area contributed by atoms with E-state index in [-0.39, 0.29) is 11.6 Å². The second-order valence-corrected chi connectivity index (χ2v) is 8.06. The van der Waals surface area contributed by atoms with Gasteiger partial charge >= 0.3 is 0 Å². The van der Waals surface area contributed by atoms with Gasteiger partial charge in [-0.15, -0.1) is 5.10 Å². The third-order valence-corrected chi connectivity index (χ3v) is 5.39. The highest BCUT2D eigenvalue weighted by atomic mass is 79.9. The number of nitrogens with one attached hydrogen (secondary N) is 1. The molecule has 0 aliphatic carbocycles. The molecule has 0 bridgehead atoms. The minimum Gasteiger partial charge on any atom is -0.497 e. The first kappa shape index (κ1) is 20.3. The Labute approximate surface area is 173 Å². The van der Waals surface area contributed by atoms with E-state index in [0.717, 1.165) is 11.3 Å². The average molecular weight is 466 g/mol. The summed E-state index contributed by atoms with van der Waals surface area (Å²) in [5, 5.41) is 14.2. The molecule has 0 aliphatic heterocycles. The minimum atomic E-state index is -0.524. The first-order chi connectivity index (χ1) is 13.5. The Bertz CT molecular complexity index is 967. The van der Waals surface area contributed by atoms with Crippen LogP contribution in [-0.4, -0.2) is 38.5 Å². The number of hydrogen-bond donors (Lipinski definition) is 1. The van der Waals surface area contributed by atoms with Crippen molar-refractivity contribution in [3.8, 4) is 5.75 Å². The van der Waals surface area contributed by atoms with Crippen LogP contribution in [0.1, 0.15) is 12.5 Å². The summed E-state index contributed by atoms with van der Waals surface area (Å²) in [4.78, 5) is 12.4. The van der Waals surface area contributed by atoms with Crippen LogP contribution >= 0.6 is 27.7 Å². The van der Waals surface area contributed by atoms with E-state index in [1.54, 1.807) is 24.8 Å². The van der Waals surface area contributed by atoms with Crippen molar-refractivity contribution in [1.29, 1.82) is 0 Å². The van der Waals surface area contributed by atoms with Crippen LogP contribution in [0.4, 0.5) is 10.1 Å². The number of tetrazole rings is 1. The summed E-state index contributed by atoms with van der Waals surface area (Å²) in [6.07, 6.45) is 0. The largest absolute Gasteiger partial charge is 0.497 e. The molecular weight excluding hydrogens is 449 g/mol. The van der Waals surface area contributed by atoms with E-state index in [2.05, 4.69) is 36.8 Å². The summed E-state index contributed by atoms with van der Waals surface area (Å²) < 4.78 is 21.3. The fourth-order valence-electron chi connectivity index (χ4n) is 2.32. The predicted molar refractivity (Wildman–Crippen MR) is 108 cm³/mol. The van der Waals surface area contributed by atoms with Crippen LogP contribution in [0, 0.1) is 5.82 Å². The van der Waals surface area contributed by atoms with Crippen LogP contribution in [0.5, 0.6) is 5.75 Å². The number of benzene rings is 2. The third kappa shape index (κ3) is 5.08. The van der Waals surface area contributed by atoms with Crippen LogP contribution in [0.15, 0.2) is 52.1 Å². The van der Waals surface area contributed by atoms with Gasteiger partial charge in [0.2, 0.25) is 11.1 Å². The zero-order valence-corrected chi connectivity index (χ0v) is 17.5. The van der Waals surface area contributed by atoms with Crippen molar-refractivity contribution in [1.82, 2.24) is 20.2 Å². The molecule has 0 spiro atoms. The van der Waals surface area contributed by atoms with Crippen LogP contribution in [0.3, 0.4) is 0 Å². The van der Waals surface area contributed by atoms with E-state index in [1.165, 1.54) is 23.9 Å². The van der Waals surface area contributed by atoms with E-state index in [4.69, 9.17) is 4.74 Å². The fourth-order valence-corrected chi connectivity index (χ4v) is 3.44. The van der Waals surface area contributed by atoms with Crippen molar-refractivity contribution in [3.63, 3.8) is 0 Å². The van der Waals surface area contributed by atoms with E-state index in [0.29, 0.717) is 16.2 Å². The second-order valence-electron chi connectivity index (χ2n) is 5.84. The number of nitrogens with zero attached hydrogens (tertiary/aromatic N) is 4. The molecule has 0 fully saturated rings. The van der Waals surface area contributed by atoms with Crippen molar-refractivity contribution in [2.75, 3.05) is 12.4 Å². The average Bonchev–Trinajstić information content (AvgIpc) is 3.11. The highest BCUT2D eigenvalue weighted by molar-refractivity contribution is 9.10. The highest BCUT2D eigenvalue weighted by Gasteiger charge is 2.20. The van der Waals surface area contributed by atoms with E-state index < -0.39 is 11.1 Å². The molecule has 1 unspecified atom stereocenters. The summed E-state index contributed by atoms with van der Waals surface area (Å²) in [7, 11) is 1.61. The number of carbonyl (C=O) groups is 1. The molecule has 10 heteroatoms. The minimum absolute atomic E-state index is 0.124. The van der Waals surface area contributed by atoms with Crippen molar-refractivity contribution < 1.29 is 13.9 Å². The lowest BCUT2D eigenvalue weighted by Crippen LogP contribution is -2.23. The standard InChI is InChI=1S/C18H17BrFN5O2S/c1-11(17(26)21-16-8-5-13(19)9-15(16)20)28-18-22-23-24-25(18)10-12-3-6-14(27-2)7-4-12/h3-9,11H,10H2,1-2H3,(H,21,26). The Morgan fingerprint density at radius 1 is 1.32 bits per heavy atom. The normalized spacial score (nSPS) is 11.9. The van der Waals surface area contributed by atoms with Gasteiger partial charge in [0.05, 0.1) is 24.6 Å². The molecule has 146 valence electrons. The molecule has 0 radical (unpaired) electrons. The van der Waals surface area contributed by atoms with Crippen molar-refractivity contribution in [2.45, 2.75) is 23.9 Å². The molecule has 1 aromatic heterocycles. The zero-order valence-electron chi connectivity index (χ0n) is 15.1. The topological polar surface area (TPSA) is 81.9 Å². The van der Waals surface area contributed by atoms with Crippen molar-refractivity contribution in [3.05, 3.63) is 58.3 Å². The monoisotopic (exact) mass is 465 g/mol. The molecule has 1 atom stereocenters. The van der Waals surface area contributed by atoms with Crippen LogP contribution in [0.2, 0.25) is 0 Å². The zero-order chi connectivity index (χ0) is 20.1. The van der Waals surface area contributed by atoms with Gasteiger partial charge in [-0.3, -0.25) is 4.79 Å². The molecule has 1 heterocycles. The number of thioether (sulfide) groups is 1. The third-order valence-electron chi connectivity index (χ3n) is 3.83. The molecule has 1 N–H and O–H groups in total. The molecule has 0 aliphatic rings. The number of hydrogen-bond acceptors (Lipinski definition) is 6. The Hall–Kier alpha value is -2.46. The summed E-state index contributed by atoms with van der Waals surface area (Å²) in [5.74, 6) is -0.0879. The summed E-state index contributed by atoms with van der Waals surface area (Å²) in [5.41, 5.74) is 1.11. The fraction of sp³-hybridized carbons (Fsp3) is 0.222. The lowest BCUT2D eigenvalue weighted by Gasteiger charge is -2.12. The van der Waals surface area contributed by atoms with E-state index >= 15 is 0 Å². The Morgan fingerprint density at radius 2 is 2.07 bits per heavy atom. The Morgan fingerprint density at radius 3 is 2.75 bits per heavy atom. The molecule has 0 saturated heterocycles. The maximum atomic E-state index is 13.9. The first-order valence-electron chi connectivity index (χ1n) is 8.28. The van der Waals surface area contributed by atoms with Crippen LogP contribution in [-0.2, 0) is 11.3 Å². The summed E-state index contributed by atoms with van der Waals surface area (Å²) in [6.45, 7) is 2.16. The van der Waals surface area contributed by atoms with Gasteiger partial charge in [0, 0.05) is 4.47 Å². The molecule has 2 aromatic carbocycles. The SMILES string of the molecule is COc1ccc(Cn2nnnc2SC(C)C(=O)Nc2ccc(Br)cc2F)cc1. The number of rotatable bonds is 7. The number of ether oxygens (including phenoxy) is 1. The smallest absolute Gasteiger partial charge is 0.237 e. The molecule has 3 aromatic rings. The van der Waals surface area contributed by atoms with E-state index in [1.807, 2.05) is 24.3 Å². The van der Waals surface area contributed by atoms with Crippen molar-refractivity contribution in [2.24, 2.45) is 0 Å². The van der Waals surface area contributed by atoms with Gasteiger partial charge in [-0.2, -0.15) is 0 Å². The summed E-state index contributed by atoms with van der Waals surface area (Å²) >= 11 is 4.38. The number of amides is 1. The number of methoxy groups -OCH3 is 1. The van der Waals surface area contributed by atoms with Crippen molar-refractivity contribution >= 4 is 39.3 Å². The van der Waals surface area contributed by atoms with Crippen LogP contribution in [0.25, 0.3) is 0 Å². The predicted octanol–water partition coefficient (Wildman–Crippen LogP) is 3.75. The number of anilines is 1. The molecule has 28 heavy (non-hydrogen) atoms. The van der Waals surface area contributed by atoms with Gasteiger partial charge in [0.25, 0.3) is 0 Å². The molecule has 7 nitrogen and oxygen atoms in total. The van der Waals surface area contributed by atoms with Gasteiger partial charge in [0.15, 0.2) is 0 Å². The van der Waals surface area contributed by atoms with Gasteiger partial charge in [0.1, 0.15) is 11.6 Å². The maximum Gasteiger partial charge on any atom is 0.237 e. The van der Waals surface area contributed by atoms with Gasteiger partial charge in [-0.05, 0) is 53.2 Å². The quantitative estimate of drug-likeness (QED) is 0.535. The lowest BCUT2D eigenvalue weighted by atomic mass is 10.2. The second kappa shape index (κ2) is 9.16. The highest BCUT2D eigenvalue weighted by Crippen LogP contribution is 2.24. The van der Waals surface area contributed by atoms with Gasteiger partial charge in [-0.1, -0.05) is 39.8 Å². The molecule has 3 rings (SSSR count). The maximum absolute atomic E-state index is 13.9. The molecule has 1 amide bonds. The Kier molecular flexibility index (Phi) is 6.63. The molecular formula is C18H17BrFN5O2S. The number of aromatic nitrogens is 4. The summed E-state index contributed by atoms with van der Waals surface area (Å²) in [6, 6.07) is 12.0.